The SMILES string of the molecule is COc1ccccc1-c1csc(NC(=O)C2(S(=O)(=O)c3ccc(Cl)cc3)CCCC2)n1. The van der Waals surface area contributed by atoms with Gasteiger partial charge in [-0.2, -0.15) is 0 Å². The van der Waals surface area contributed by atoms with Crippen LogP contribution in [0.3, 0.4) is 0 Å². The van der Waals surface area contributed by atoms with Crippen molar-refractivity contribution in [3.63, 3.8) is 0 Å². The first kappa shape index (κ1) is 21.8. The maximum atomic E-state index is 13.5. The summed E-state index contributed by atoms with van der Waals surface area (Å²) in [7, 11) is -2.32. The molecule has 0 radical (unpaired) electrons. The predicted octanol–water partition coefficient (Wildman–Crippen LogP) is 5.20. The molecule has 3 aromatic rings. The topological polar surface area (TPSA) is 85.4 Å². The standard InChI is InChI=1S/C22H21ClN2O4S2/c1-29-19-7-3-2-6-17(19)18-14-30-21(24-18)25-20(26)22(12-4-5-13-22)31(27,28)16-10-8-15(23)9-11-16/h2-3,6-11,14H,4-5,12-13H2,1H3,(H,24,25,26). The summed E-state index contributed by atoms with van der Waals surface area (Å²) in [6, 6.07) is 13.4. The van der Waals surface area contributed by atoms with Gasteiger partial charge in [0.2, 0.25) is 5.91 Å². The smallest absolute Gasteiger partial charge is 0.248 e. The maximum absolute atomic E-state index is 13.5. The first-order valence-electron chi connectivity index (χ1n) is 9.78. The molecule has 0 atom stereocenters. The monoisotopic (exact) mass is 476 g/mol. The number of aromatic nitrogens is 1. The van der Waals surface area contributed by atoms with Gasteiger partial charge < -0.3 is 10.1 Å². The van der Waals surface area contributed by atoms with Gasteiger partial charge in [-0.05, 0) is 49.2 Å². The minimum atomic E-state index is -3.91. The Labute approximate surface area is 190 Å². The number of hydrogen-bond donors (Lipinski definition) is 1. The number of hydrogen-bond acceptors (Lipinski definition) is 6. The van der Waals surface area contributed by atoms with Gasteiger partial charge in [0.15, 0.2) is 19.7 Å². The quantitative estimate of drug-likeness (QED) is 0.528. The molecular weight excluding hydrogens is 456 g/mol. The highest BCUT2D eigenvalue weighted by Gasteiger charge is 2.53. The van der Waals surface area contributed by atoms with Crippen molar-refractivity contribution in [2.24, 2.45) is 0 Å². The third-order valence-electron chi connectivity index (χ3n) is 5.57. The van der Waals surface area contributed by atoms with E-state index in [2.05, 4.69) is 10.3 Å². The summed E-state index contributed by atoms with van der Waals surface area (Å²) in [6.45, 7) is 0. The highest BCUT2D eigenvalue weighted by Crippen LogP contribution is 2.42. The lowest BCUT2D eigenvalue weighted by Crippen LogP contribution is -2.47. The Morgan fingerprint density at radius 2 is 1.81 bits per heavy atom. The molecule has 1 saturated carbocycles. The highest BCUT2D eigenvalue weighted by atomic mass is 35.5. The van der Waals surface area contributed by atoms with Gasteiger partial charge in [0, 0.05) is 16.0 Å². The van der Waals surface area contributed by atoms with Crippen molar-refractivity contribution in [1.29, 1.82) is 0 Å². The van der Waals surface area contributed by atoms with E-state index in [9.17, 15) is 13.2 Å². The van der Waals surface area contributed by atoms with Crippen LogP contribution in [0.2, 0.25) is 5.02 Å². The molecule has 1 aliphatic rings. The molecular formula is C22H21ClN2O4S2. The van der Waals surface area contributed by atoms with E-state index in [0.717, 1.165) is 5.56 Å². The number of methoxy groups -OCH3 is 1. The summed E-state index contributed by atoms with van der Waals surface area (Å²) < 4.78 is 30.8. The van der Waals surface area contributed by atoms with Gasteiger partial charge >= 0.3 is 0 Å². The van der Waals surface area contributed by atoms with E-state index < -0.39 is 20.5 Å². The number of ether oxygens (including phenoxy) is 1. The fourth-order valence-corrected chi connectivity index (χ4v) is 6.82. The fraction of sp³-hybridized carbons (Fsp3) is 0.273. The molecule has 6 nitrogen and oxygen atoms in total. The molecule has 0 bridgehead atoms. The van der Waals surface area contributed by atoms with Gasteiger partial charge in [-0.15, -0.1) is 11.3 Å². The van der Waals surface area contributed by atoms with Crippen molar-refractivity contribution in [2.75, 3.05) is 12.4 Å². The Morgan fingerprint density at radius 3 is 2.48 bits per heavy atom. The molecule has 2 aromatic carbocycles. The summed E-state index contributed by atoms with van der Waals surface area (Å²) in [5.41, 5.74) is 1.45. The second kappa shape index (κ2) is 8.61. The number of benzene rings is 2. The van der Waals surface area contributed by atoms with Crippen molar-refractivity contribution in [3.8, 4) is 17.0 Å². The molecule has 1 heterocycles. The van der Waals surface area contributed by atoms with E-state index in [1.54, 1.807) is 7.11 Å². The number of nitrogens with zero attached hydrogens (tertiary/aromatic N) is 1. The van der Waals surface area contributed by atoms with Gasteiger partial charge in [-0.25, -0.2) is 13.4 Å². The Morgan fingerprint density at radius 1 is 1.13 bits per heavy atom. The Balaban J connectivity index is 1.63. The van der Waals surface area contributed by atoms with E-state index in [-0.39, 0.29) is 17.7 Å². The zero-order valence-electron chi connectivity index (χ0n) is 16.8. The number of para-hydroxylation sites is 1. The Kier molecular flexibility index (Phi) is 6.05. The third-order valence-corrected chi connectivity index (χ3v) is 9.10. The number of thiazole rings is 1. The number of carbonyl (C=O) groups excluding carboxylic acids is 1. The molecule has 0 saturated heterocycles. The lowest BCUT2D eigenvalue weighted by molar-refractivity contribution is -0.118. The van der Waals surface area contributed by atoms with E-state index in [1.807, 2.05) is 29.6 Å². The van der Waals surface area contributed by atoms with Gasteiger partial charge in [0.1, 0.15) is 5.75 Å². The van der Waals surface area contributed by atoms with Crippen LogP contribution in [0, 0.1) is 0 Å². The van der Waals surface area contributed by atoms with Crippen molar-refractivity contribution in [3.05, 3.63) is 58.9 Å². The van der Waals surface area contributed by atoms with E-state index in [1.165, 1.54) is 35.6 Å². The summed E-state index contributed by atoms with van der Waals surface area (Å²) in [4.78, 5) is 17.9. The van der Waals surface area contributed by atoms with Crippen LogP contribution in [-0.4, -0.2) is 31.2 Å². The van der Waals surface area contributed by atoms with Crippen LogP contribution < -0.4 is 10.1 Å². The van der Waals surface area contributed by atoms with Crippen LogP contribution in [0.25, 0.3) is 11.3 Å². The predicted molar refractivity (Wildman–Crippen MR) is 123 cm³/mol. The first-order valence-corrected chi connectivity index (χ1v) is 12.5. The van der Waals surface area contributed by atoms with E-state index in [0.29, 0.717) is 34.4 Å². The lowest BCUT2D eigenvalue weighted by Gasteiger charge is -2.27. The van der Waals surface area contributed by atoms with Crippen LogP contribution in [-0.2, 0) is 14.6 Å². The van der Waals surface area contributed by atoms with Crippen molar-refractivity contribution < 1.29 is 17.9 Å². The van der Waals surface area contributed by atoms with Gasteiger partial charge in [0.05, 0.1) is 17.7 Å². The van der Waals surface area contributed by atoms with Crippen molar-refractivity contribution >= 4 is 43.8 Å². The average molecular weight is 477 g/mol. The molecule has 1 fully saturated rings. The number of rotatable bonds is 6. The summed E-state index contributed by atoms with van der Waals surface area (Å²) >= 11 is 7.16. The zero-order valence-corrected chi connectivity index (χ0v) is 19.2. The minimum Gasteiger partial charge on any atom is -0.496 e. The second-order valence-corrected chi connectivity index (χ2v) is 10.9. The Hall–Kier alpha value is -2.42. The normalized spacial score (nSPS) is 15.5. The Bertz CT molecular complexity index is 1200. The lowest BCUT2D eigenvalue weighted by atomic mass is 10.1. The molecule has 1 aromatic heterocycles. The second-order valence-electron chi connectivity index (χ2n) is 7.35. The first-order chi connectivity index (χ1) is 14.9. The number of anilines is 1. The van der Waals surface area contributed by atoms with E-state index in [4.69, 9.17) is 16.3 Å². The summed E-state index contributed by atoms with van der Waals surface area (Å²) in [5.74, 6) is 0.129. The van der Waals surface area contributed by atoms with Crippen LogP contribution in [0.4, 0.5) is 5.13 Å². The van der Waals surface area contributed by atoms with E-state index >= 15 is 0 Å². The number of sulfone groups is 1. The third kappa shape index (κ3) is 3.95. The molecule has 9 heteroatoms. The largest absolute Gasteiger partial charge is 0.496 e. The van der Waals surface area contributed by atoms with Crippen LogP contribution >= 0.6 is 22.9 Å². The zero-order chi connectivity index (χ0) is 22.1. The highest BCUT2D eigenvalue weighted by molar-refractivity contribution is 7.93. The average Bonchev–Trinajstić information content (AvgIpc) is 3.45. The number of amides is 1. The molecule has 0 aliphatic heterocycles. The molecule has 1 amide bonds. The van der Waals surface area contributed by atoms with Crippen molar-refractivity contribution in [2.45, 2.75) is 35.3 Å². The van der Waals surface area contributed by atoms with Crippen LogP contribution in [0.15, 0.2) is 58.8 Å². The van der Waals surface area contributed by atoms with Crippen LogP contribution in [0.1, 0.15) is 25.7 Å². The summed E-state index contributed by atoms with van der Waals surface area (Å²) in [5, 5.41) is 5.36. The molecule has 4 rings (SSSR count). The maximum Gasteiger partial charge on any atom is 0.248 e. The van der Waals surface area contributed by atoms with Crippen LogP contribution in [0.5, 0.6) is 5.75 Å². The molecule has 0 unspecified atom stereocenters. The van der Waals surface area contributed by atoms with Gasteiger partial charge in [-0.3, -0.25) is 4.79 Å². The molecule has 162 valence electrons. The van der Waals surface area contributed by atoms with Gasteiger partial charge in [0.25, 0.3) is 0 Å². The number of nitrogens with one attached hydrogen (secondary N) is 1. The number of halogens is 1. The molecule has 1 aliphatic carbocycles. The molecule has 0 spiro atoms. The molecule has 1 N–H and O–H groups in total. The van der Waals surface area contributed by atoms with Gasteiger partial charge in [-0.1, -0.05) is 36.6 Å². The number of carbonyl (C=O) groups is 1. The van der Waals surface area contributed by atoms with Crippen molar-refractivity contribution in [1.82, 2.24) is 4.98 Å². The fourth-order valence-electron chi connectivity index (χ4n) is 3.93. The minimum absolute atomic E-state index is 0.0998. The molecule has 31 heavy (non-hydrogen) atoms. The summed E-state index contributed by atoms with van der Waals surface area (Å²) in [6.07, 6.45) is 1.89.